The molecule has 3 N–H and O–H groups in total. The zero-order valence-electron chi connectivity index (χ0n) is 12.0. The van der Waals surface area contributed by atoms with Gasteiger partial charge in [0.1, 0.15) is 0 Å². The number of amides is 3. The largest absolute Gasteiger partial charge is 0.329 e. The number of hydrogen-bond acceptors (Lipinski definition) is 2. The normalized spacial score (nSPS) is 10.2. The number of carbonyl (C=O) groups is 2. The van der Waals surface area contributed by atoms with Crippen LogP contribution in [0.15, 0.2) is 36.4 Å². The Kier molecular flexibility index (Phi) is 6.57. The molecule has 0 spiro atoms. The highest BCUT2D eigenvalue weighted by molar-refractivity contribution is 6.36. The zero-order chi connectivity index (χ0) is 17.7. The standard InChI is InChI=1S/C15H11Cl4N3O2/c16-8-1-2-12(19)13(6-8)22-14(23)7-20-15(24)21-11-4-9(17)3-10(18)5-11/h1-6H,7H2,(H,22,23)(H2,20,21,24). The second kappa shape index (κ2) is 8.44. The van der Waals surface area contributed by atoms with E-state index < -0.39 is 11.9 Å². The van der Waals surface area contributed by atoms with E-state index in [4.69, 9.17) is 46.4 Å². The molecular formula is C15H11Cl4N3O2. The molecule has 0 aliphatic carbocycles. The molecule has 0 atom stereocenters. The molecule has 0 aliphatic rings. The Morgan fingerprint density at radius 3 is 2.17 bits per heavy atom. The Balaban J connectivity index is 1.87. The molecule has 0 unspecified atom stereocenters. The van der Waals surface area contributed by atoms with Crippen LogP contribution in [0.5, 0.6) is 0 Å². The van der Waals surface area contributed by atoms with Crippen molar-refractivity contribution in [3.63, 3.8) is 0 Å². The first-order valence-electron chi connectivity index (χ1n) is 6.59. The van der Waals surface area contributed by atoms with Gasteiger partial charge in [0, 0.05) is 20.8 Å². The summed E-state index contributed by atoms with van der Waals surface area (Å²) in [6.45, 7) is -0.261. The van der Waals surface area contributed by atoms with E-state index in [1.165, 1.54) is 24.3 Å². The van der Waals surface area contributed by atoms with Crippen molar-refractivity contribution >= 4 is 69.7 Å². The van der Waals surface area contributed by atoms with Gasteiger partial charge in [-0.25, -0.2) is 4.79 Å². The summed E-state index contributed by atoms with van der Waals surface area (Å²) in [5.74, 6) is -0.460. The Hall–Kier alpha value is -1.66. The van der Waals surface area contributed by atoms with Gasteiger partial charge in [-0.3, -0.25) is 4.79 Å². The molecule has 0 saturated heterocycles. The molecule has 2 aromatic rings. The number of benzene rings is 2. The van der Waals surface area contributed by atoms with Gasteiger partial charge in [-0.15, -0.1) is 0 Å². The van der Waals surface area contributed by atoms with Gasteiger partial charge in [0.15, 0.2) is 0 Å². The van der Waals surface area contributed by atoms with E-state index >= 15 is 0 Å². The van der Waals surface area contributed by atoms with Crippen molar-refractivity contribution in [1.82, 2.24) is 5.32 Å². The molecule has 5 nitrogen and oxygen atoms in total. The molecule has 2 rings (SSSR count). The summed E-state index contributed by atoms with van der Waals surface area (Å²) in [5.41, 5.74) is 0.765. The number of nitrogens with one attached hydrogen (secondary N) is 3. The van der Waals surface area contributed by atoms with Crippen molar-refractivity contribution in [2.24, 2.45) is 0 Å². The first-order chi connectivity index (χ1) is 11.3. The second-order valence-electron chi connectivity index (χ2n) is 4.64. The molecular weight excluding hydrogens is 396 g/mol. The molecule has 126 valence electrons. The monoisotopic (exact) mass is 405 g/mol. The van der Waals surface area contributed by atoms with E-state index in [-0.39, 0.29) is 6.54 Å². The third kappa shape index (κ3) is 5.76. The Bertz CT molecular complexity index is 763. The van der Waals surface area contributed by atoms with Crippen molar-refractivity contribution in [2.75, 3.05) is 17.2 Å². The van der Waals surface area contributed by atoms with Crippen LogP contribution in [0.25, 0.3) is 0 Å². The van der Waals surface area contributed by atoms with Crippen molar-refractivity contribution in [2.45, 2.75) is 0 Å². The summed E-state index contributed by atoms with van der Waals surface area (Å²) in [6.07, 6.45) is 0. The number of hydrogen-bond donors (Lipinski definition) is 3. The fraction of sp³-hybridized carbons (Fsp3) is 0.0667. The average molecular weight is 407 g/mol. The predicted octanol–water partition coefficient (Wildman–Crippen LogP) is 5.06. The summed E-state index contributed by atoms with van der Waals surface area (Å²) in [5, 5.41) is 8.99. The second-order valence-corrected chi connectivity index (χ2v) is 6.35. The van der Waals surface area contributed by atoms with Gasteiger partial charge in [-0.05, 0) is 36.4 Å². The van der Waals surface area contributed by atoms with Crippen LogP contribution in [0.2, 0.25) is 20.1 Å². The van der Waals surface area contributed by atoms with E-state index in [0.29, 0.717) is 31.5 Å². The van der Waals surface area contributed by atoms with Crippen LogP contribution in [0.3, 0.4) is 0 Å². The Labute approximate surface area is 158 Å². The summed E-state index contributed by atoms with van der Waals surface area (Å²) in [4.78, 5) is 23.6. The van der Waals surface area contributed by atoms with Crippen molar-refractivity contribution in [3.8, 4) is 0 Å². The lowest BCUT2D eigenvalue weighted by atomic mass is 10.3. The molecule has 0 bridgehead atoms. The van der Waals surface area contributed by atoms with Gasteiger partial charge in [-0.2, -0.15) is 0 Å². The molecule has 3 amide bonds. The first kappa shape index (κ1) is 18.7. The van der Waals surface area contributed by atoms with E-state index in [1.54, 1.807) is 12.1 Å². The molecule has 24 heavy (non-hydrogen) atoms. The van der Waals surface area contributed by atoms with E-state index in [2.05, 4.69) is 16.0 Å². The highest BCUT2D eigenvalue weighted by atomic mass is 35.5. The van der Waals surface area contributed by atoms with E-state index in [9.17, 15) is 9.59 Å². The SMILES string of the molecule is O=C(CNC(=O)Nc1cc(Cl)cc(Cl)c1)Nc1cc(Cl)ccc1Cl. The minimum Gasteiger partial charge on any atom is -0.329 e. The summed E-state index contributed by atoms with van der Waals surface area (Å²) in [7, 11) is 0. The van der Waals surface area contributed by atoms with Gasteiger partial charge in [0.25, 0.3) is 0 Å². The van der Waals surface area contributed by atoms with Gasteiger partial charge >= 0.3 is 6.03 Å². The van der Waals surface area contributed by atoms with Gasteiger partial charge in [0.2, 0.25) is 5.91 Å². The highest BCUT2D eigenvalue weighted by Crippen LogP contribution is 2.25. The lowest BCUT2D eigenvalue weighted by Gasteiger charge is -2.10. The molecule has 0 aromatic heterocycles. The fourth-order valence-electron chi connectivity index (χ4n) is 1.75. The van der Waals surface area contributed by atoms with Crippen molar-refractivity contribution in [3.05, 3.63) is 56.5 Å². The average Bonchev–Trinajstić information content (AvgIpc) is 2.48. The minimum atomic E-state index is -0.583. The van der Waals surface area contributed by atoms with Gasteiger partial charge in [0.05, 0.1) is 17.3 Å². The highest BCUT2D eigenvalue weighted by Gasteiger charge is 2.09. The number of halogens is 4. The lowest BCUT2D eigenvalue weighted by molar-refractivity contribution is -0.115. The number of rotatable bonds is 4. The van der Waals surface area contributed by atoms with Crippen LogP contribution in [0.4, 0.5) is 16.2 Å². The van der Waals surface area contributed by atoms with Crippen LogP contribution in [0.1, 0.15) is 0 Å². The van der Waals surface area contributed by atoms with Crippen LogP contribution >= 0.6 is 46.4 Å². The Morgan fingerprint density at radius 2 is 1.50 bits per heavy atom. The molecule has 0 heterocycles. The molecule has 2 aromatic carbocycles. The van der Waals surface area contributed by atoms with Gasteiger partial charge < -0.3 is 16.0 Å². The fourth-order valence-corrected chi connectivity index (χ4v) is 2.61. The third-order valence-corrected chi connectivity index (χ3v) is 3.73. The predicted molar refractivity (Wildman–Crippen MR) is 98.6 cm³/mol. The third-order valence-electron chi connectivity index (χ3n) is 2.73. The van der Waals surface area contributed by atoms with Crippen molar-refractivity contribution in [1.29, 1.82) is 0 Å². The molecule has 9 heteroatoms. The number of urea groups is 1. The maximum atomic E-state index is 11.8. The molecule has 0 fully saturated rings. The quantitative estimate of drug-likeness (QED) is 0.663. The van der Waals surface area contributed by atoms with Crippen LogP contribution in [-0.4, -0.2) is 18.5 Å². The van der Waals surface area contributed by atoms with E-state index in [0.717, 1.165) is 0 Å². The van der Waals surface area contributed by atoms with Gasteiger partial charge in [-0.1, -0.05) is 46.4 Å². The molecule has 0 aliphatic heterocycles. The molecule has 0 radical (unpaired) electrons. The lowest BCUT2D eigenvalue weighted by Crippen LogP contribution is -2.35. The van der Waals surface area contributed by atoms with Crippen molar-refractivity contribution < 1.29 is 9.59 Å². The van der Waals surface area contributed by atoms with Crippen LogP contribution < -0.4 is 16.0 Å². The zero-order valence-corrected chi connectivity index (χ0v) is 15.0. The minimum absolute atomic E-state index is 0.261. The summed E-state index contributed by atoms with van der Waals surface area (Å²) >= 11 is 23.4. The molecule has 0 saturated carbocycles. The first-order valence-corrected chi connectivity index (χ1v) is 8.10. The van der Waals surface area contributed by atoms with E-state index in [1.807, 2.05) is 0 Å². The van der Waals surface area contributed by atoms with Crippen LogP contribution in [0, 0.1) is 0 Å². The maximum absolute atomic E-state index is 11.8. The topological polar surface area (TPSA) is 70.2 Å². The summed E-state index contributed by atoms with van der Waals surface area (Å²) in [6, 6.07) is 8.67. The maximum Gasteiger partial charge on any atom is 0.319 e. The number of anilines is 2. The van der Waals surface area contributed by atoms with Crippen LogP contribution in [-0.2, 0) is 4.79 Å². The number of carbonyl (C=O) groups excluding carboxylic acids is 2. The Morgan fingerprint density at radius 1 is 0.833 bits per heavy atom. The summed E-state index contributed by atoms with van der Waals surface area (Å²) < 4.78 is 0. The smallest absolute Gasteiger partial charge is 0.319 e.